The number of rotatable bonds is 4. The second-order valence-electron chi connectivity index (χ2n) is 5.48. The second kappa shape index (κ2) is 6.31. The minimum Gasteiger partial charge on any atom is -0.349 e. The van der Waals surface area contributed by atoms with Crippen LogP contribution in [0.4, 0.5) is 0 Å². The molecule has 0 aliphatic heterocycles. The molecule has 21 heavy (non-hydrogen) atoms. The molecular formula is C18H18ClNO. The number of carbonyl (C=O) groups excluding carboxylic acids is 1. The predicted molar refractivity (Wildman–Crippen MR) is 85.4 cm³/mol. The molecule has 1 unspecified atom stereocenters. The second-order valence-corrected chi connectivity index (χ2v) is 5.92. The predicted octanol–water partition coefficient (Wildman–Crippen LogP) is 4.08. The van der Waals surface area contributed by atoms with Crippen molar-refractivity contribution < 1.29 is 4.79 Å². The standard InChI is InChI=1S/C18H18ClNO/c19-15-9-5-13(6-10-15)7-12-18(21)20-17-11-8-14-3-1-2-4-16(14)17/h1-6,9-10,17H,7-8,11-12H2,(H,20,21). The van der Waals surface area contributed by atoms with E-state index in [4.69, 9.17) is 11.6 Å². The molecule has 1 N–H and O–H groups in total. The highest BCUT2D eigenvalue weighted by Gasteiger charge is 2.22. The number of benzene rings is 2. The lowest BCUT2D eigenvalue weighted by Gasteiger charge is -2.14. The number of hydrogen-bond acceptors (Lipinski definition) is 1. The van der Waals surface area contributed by atoms with Crippen LogP contribution in [0.3, 0.4) is 0 Å². The largest absolute Gasteiger partial charge is 0.349 e. The number of halogens is 1. The summed E-state index contributed by atoms with van der Waals surface area (Å²) in [5.74, 6) is 0.117. The van der Waals surface area contributed by atoms with Crippen molar-refractivity contribution in [2.75, 3.05) is 0 Å². The Morgan fingerprint density at radius 3 is 2.71 bits per heavy atom. The van der Waals surface area contributed by atoms with Gasteiger partial charge in [0.25, 0.3) is 0 Å². The summed E-state index contributed by atoms with van der Waals surface area (Å²) in [6.45, 7) is 0. The van der Waals surface area contributed by atoms with E-state index in [1.807, 2.05) is 30.3 Å². The molecule has 1 atom stereocenters. The topological polar surface area (TPSA) is 29.1 Å². The zero-order valence-corrected chi connectivity index (χ0v) is 12.6. The maximum atomic E-state index is 12.1. The van der Waals surface area contributed by atoms with Crippen LogP contribution in [0.1, 0.15) is 35.6 Å². The summed E-state index contributed by atoms with van der Waals surface area (Å²) in [6.07, 6.45) is 3.32. The molecule has 3 rings (SSSR count). The first kappa shape index (κ1) is 14.2. The molecule has 1 aliphatic carbocycles. The first-order valence-electron chi connectivity index (χ1n) is 7.34. The van der Waals surface area contributed by atoms with E-state index in [1.54, 1.807) is 0 Å². The molecule has 0 saturated heterocycles. The Kier molecular flexibility index (Phi) is 4.26. The average Bonchev–Trinajstić information content (AvgIpc) is 2.90. The van der Waals surface area contributed by atoms with E-state index in [2.05, 4.69) is 23.5 Å². The van der Waals surface area contributed by atoms with Gasteiger partial charge in [0, 0.05) is 11.4 Å². The van der Waals surface area contributed by atoms with E-state index in [-0.39, 0.29) is 11.9 Å². The van der Waals surface area contributed by atoms with E-state index in [0.29, 0.717) is 6.42 Å². The maximum absolute atomic E-state index is 12.1. The number of carbonyl (C=O) groups is 1. The molecule has 1 amide bonds. The Balaban J connectivity index is 1.54. The van der Waals surface area contributed by atoms with Crippen LogP contribution in [-0.2, 0) is 17.6 Å². The summed E-state index contributed by atoms with van der Waals surface area (Å²) in [5, 5.41) is 3.88. The summed E-state index contributed by atoms with van der Waals surface area (Å²) >= 11 is 5.86. The molecule has 108 valence electrons. The van der Waals surface area contributed by atoms with Gasteiger partial charge in [-0.15, -0.1) is 0 Å². The van der Waals surface area contributed by atoms with Crippen molar-refractivity contribution in [1.29, 1.82) is 0 Å². The molecule has 0 spiro atoms. The molecule has 0 aromatic heterocycles. The minimum absolute atomic E-state index is 0.117. The van der Waals surface area contributed by atoms with E-state index in [1.165, 1.54) is 11.1 Å². The van der Waals surface area contributed by atoms with Crippen LogP contribution >= 0.6 is 11.6 Å². The zero-order chi connectivity index (χ0) is 14.7. The molecule has 0 saturated carbocycles. The van der Waals surface area contributed by atoms with Gasteiger partial charge in [-0.3, -0.25) is 4.79 Å². The third-order valence-corrected chi connectivity index (χ3v) is 4.27. The van der Waals surface area contributed by atoms with Crippen LogP contribution in [0.2, 0.25) is 5.02 Å². The third-order valence-electron chi connectivity index (χ3n) is 4.02. The SMILES string of the molecule is O=C(CCc1ccc(Cl)cc1)NC1CCc2ccccc21. The molecule has 3 heteroatoms. The van der Waals surface area contributed by atoms with Crippen molar-refractivity contribution in [3.05, 3.63) is 70.2 Å². The molecule has 0 radical (unpaired) electrons. The average molecular weight is 300 g/mol. The summed E-state index contributed by atoms with van der Waals surface area (Å²) in [5.41, 5.74) is 3.78. The fourth-order valence-electron chi connectivity index (χ4n) is 2.88. The number of aryl methyl sites for hydroxylation is 2. The first-order valence-corrected chi connectivity index (χ1v) is 7.72. The molecule has 0 heterocycles. The monoisotopic (exact) mass is 299 g/mol. The van der Waals surface area contributed by atoms with Crippen LogP contribution in [0.15, 0.2) is 48.5 Å². The summed E-state index contributed by atoms with van der Waals surface area (Å²) < 4.78 is 0. The van der Waals surface area contributed by atoms with Crippen molar-refractivity contribution >= 4 is 17.5 Å². The van der Waals surface area contributed by atoms with Gasteiger partial charge in [-0.25, -0.2) is 0 Å². The van der Waals surface area contributed by atoms with Gasteiger partial charge >= 0.3 is 0 Å². The van der Waals surface area contributed by atoms with Gasteiger partial charge in [0.05, 0.1) is 6.04 Å². The van der Waals surface area contributed by atoms with E-state index in [9.17, 15) is 4.79 Å². The van der Waals surface area contributed by atoms with Gasteiger partial charge in [0.1, 0.15) is 0 Å². The quantitative estimate of drug-likeness (QED) is 0.905. The van der Waals surface area contributed by atoms with Gasteiger partial charge in [-0.2, -0.15) is 0 Å². The lowest BCUT2D eigenvalue weighted by molar-refractivity contribution is -0.121. The molecule has 0 fully saturated rings. The van der Waals surface area contributed by atoms with Crippen LogP contribution < -0.4 is 5.32 Å². The number of hydrogen-bond donors (Lipinski definition) is 1. The van der Waals surface area contributed by atoms with Gasteiger partial charge < -0.3 is 5.32 Å². The lowest BCUT2D eigenvalue weighted by atomic mass is 10.1. The lowest BCUT2D eigenvalue weighted by Crippen LogP contribution is -2.27. The fraction of sp³-hybridized carbons (Fsp3) is 0.278. The van der Waals surface area contributed by atoms with E-state index in [0.717, 1.165) is 29.8 Å². The Morgan fingerprint density at radius 1 is 1.14 bits per heavy atom. The Morgan fingerprint density at radius 2 is 1.90 bits per heavy atom. The highest BCUT2D eigenvalue weighted by atomic mass is 35.5. The molecule has 1 aliphatic rings. The summed E-state index contributed by atoms with van der Waals surface area (Å²) in [6, 6.07) is 16.2. The molecule has 2 nitrogen and oxygen atoms in total. The summed E-state index contributed by atoms with van der Waals surface area (Å²) in [4.78, 5) is 12.1. The Hall–Kier alpha value is -1.80. The van der Waals surface area contributed by atoms with Crippen molar-refractivity contribution in [3.63, 3.8) is 0 Å². The van der Waals surface area contributed by atoms with Crippen molar-refractivity contribution in [3.8, 4) is 0 Å². The van der Waals surface area contributed by atoms with E-state index >= 15 is 0 Å². The minimum atomic E-state index is 0.117. The molecular weight excluding hydrogens is 282 g/mol. The van der Waals surface area contributed by atoms with Gasteiger partial charge in [-0.1, -0.05) is 48.0 Å². The van der Waals surface area contributed by atoms with Crippen LogP contribution in [0.25, 0.3) is 0 Å². The number of fused-ring (bicyclic) bond motifs is 1. The number of amides is 1. The Labute approximate surface area is 130 Å². The fourth-order valence-corrected chi connectivity index (χ4v) is 3.01. The normalized spacial score (nSPS) is 16.5. The van der Waals surface area contributed by atoms with Gasteiger partial charge in [0.15, 0.2) is 0 Å². The molecule has 2 aromatic carbocycles. The van der Waals surface area contributed by atoms with E-state index < -0.39 is 0 Å². The number of nitrogens with one attached hydrogen (secondary N) is 1. The smallest absolute Gasteiger partial charge is 0.220 e. The maximum Gasteiger partial charge on any atom is 0.220 e. The van der Waals surface area contributed by atoms with Crippen molar-refractivity contribution in [1.82, 2.24) is 5.32 Å². The van der Waals surface area contributed by atoms with Gasteiger partial charge in [-0.05, 0) is 48.1 Å². The van der Waals surface area contributed by atoms with Crippen molar-refractivity contribution in [2.45, 2.75) is 31.7 Å². The first-order chi connectivity index (χ1) is 10.2. The van der Waals surface area contributed by atoms with Crippen LogP contribution in [-0.4, -0.2) is 5.91 Å². The molecule has 0 bridgehead atoms. The van der Waals surface area contributed by atoms with Crippen LogP contribution in [0.5, 0.6) is 0 Å². The highest BCUT2D eigenvalue weighted by Crippen LogP contribution is 2.30. The zero-order valence-electron chi connectivity index (χ0n) is 11.8. The van der Waals surface area contributed by atoms with Gasteiger partial charge in [0.2, 0.25) is 5.91 Å². The van der Waals surface area contributed by atoms with Crippen LogP contribution in [0, 0.1) is 0 Å². The summed E-state index contributed by atoms with van der Waals surface area (Å²) in [7, 11) is 0. The van der Waals surface area contributed by atoms with Crippen molar-refractivity contribution in [2.24, 2.45) is 0 Å². The Bertz CT molecular complexity index is 636. The third kappa shape index (κ3) is 3.45. The highest BCUT2D eigenvalue weighted by molar-refractivity contribution is 6.30. The molecule has 2 aromatic rings.